The normalized spacial score (nSPS) is 10.1. The Hall–Kier alpha value is -1.65. The Labute approximate surface area is 89.3 Å². The maximum absolute atomic E-state index is 11.7. The van der Waals surface area contributed by atoms with Crippen LogP contribution >= 0.6 is 0 Å². The molecule has 0 aliphatic rings. The molecule has 0 saturated heterocycles. The van der Waals surface area contributed by atoms with Gasteiger partial charge in [-0.15, -0.1) is 0 Å². The number of nitrogen functional groups attached to an aromatic ring is 1. The van der Waals surface area contributed by atoms with Crippen molar-refractivity contribution in [2.75, 3.05) is 19.3 Å². The van der Waals surface area contributed by atoms with Crippen LogP contribution in [0.3, 0.4) is 0 Å². The van der Waals surface area contributed by atoms with Crippen molar-refractivity contribution >= 4 is 11.7 Å². The third-order valence-corrected chi connectivity index (χ3v) is 2.25. The van der Waals surface area contributed by atoms with Gasteiger partial charge < -0.3 is 10.6 Å². The average Bonchev–Trinajstić information content (AvgIpc) is 2.27. The van der Waals surface area contributed by atoms with Gasteiger partial charge in [0.2, 0.25) is 0 Å². The van der Waals surface area contributed by atoms with E-state index in [-0.39, 0.29) is 5.91 Å². The second-order valence-corrected chi connectivity index (χ2v) is 3.26. The third-order valence-electron chi connectivity index (χ3n) is 2.25. The topological polar surface area (TPSA) is 72.1 Å². The smallest absolute Gasteiger partial charge is 0.273 e. The van der Waals surface area contributed by atoms with Crippen LogP contribution in [0, 0.1) is 0 Å². The van der Waals surface area contributed by atoms with Gasteiger partial charge in [-0.1, -0.05) is 6.92 Å². The lowest BCUT2D eigenvalue weighted by atomic mass is 10.3. The van der Waals surface area contributed by atoms with E-state index >= 15 is 0 Å². The van der Waals surface area contributed by atoms with Crippen molar-refractivity contribution in [2.45, 2.75) is 20.3 Å². The summed E-state index contributed by atoms with van der Waals surface area (Å²) in [6, 6.07) is 0. The van der Waals surface area contributed by atoms with Crippen molar-refractivity contribution in [2.24, 2.45) is 0 Å². The molecule has 1 aromatic rings. The van der Waals surface area contributed by atoms with Gasteiger partial charge in [0.1, 0.15) is 11.5 Å². The summed E-state index contributed by atoms with van der Waals surface area (Å²) in [4.78, 5) is 21.5. The first-order chi connectivity index (χ1) is 7.10. The molecule has 0 spiro atoms. The molecule has 0 aromatic carbocycles. The number of anilines is 1. The van der Waals surface area contributed by atoms with Gasteiger partial charge >= 0.3 is 0 Å². The Bertz CT molecular complexity index is 364. The van der Waals surface area contributed by atoms with Crippen LogP contribution in [-0.2, 0) is 6.42 Å². The number of nitrogens with zero attached hydrogens (tertiary/aromatic N) is 3. The molecule has 15 heavy (non-hydrogen) atoms. The monoisotopic (exact) mass is 208 g/mol. The number of carbonyl (C=O) groups is 1. The maximum Gasteiger partial charge on any atom is 0.273 e. The molecule has 1 rings (SSSR count). The highest BCUT2D eigenvalue weighted by molar-refractivity contribution is 5.92. The molecule has 5 heteroatoms. The SMILES string of the molecule is CCc1nc(C(=O)N(C)CC)cnc1N. The first-order valence-corrected chi connectivity index (χ1v) is 4.97. The molecule has 0 aliphatic carbocycles. The summed E-state index contributed by atoms with van der Waals surface area (Å²) >= 11 is 0. The van der Waals surface area contributed by atoms with E-state index < -0.39 is 0 Å². The highest BCUT2D eigenvalue weighted by Crippen LogP contribution is 2.07. The van der Waals surface area contributed by atoms with Gasteiger partial charge in [0.15, 0.2) is 0 Å². The van der Waals surface area contributed by atoms with E-state index in [1.54, 1.807) is 11.9 Å². The van der Waals surface area contributed by atoms with E-state index in [9.17, 15) is 4.79 Å². The minimum atomic E-state index is -0.125. The number of hydrogen-bond donors (Lipinski definition) is 1. The number of carbonyl (C=O) groups excluding carboxylic acids is 1. The van der Waals surface area contributed by atoms with E-state index in [2.05, 4.69) is 9.97 Å². The molecule has 1 aromatic heterocycles. The molecule has 1 heterocycles. The van der Waals surface area contributed by atoms with Crippen molar-refractivity contribution in [1.29, 1.82) is 0 Å². The molecule has 0 aliphatic heterocycles. The highest BCUT2D eigenvalue weighted by Gasteiger charge is 2.13. The molecule has 5 nitrogen and oxygen atoms in total. The number of nitrogens with two attached hydrogens (primary N) is 1. The summed E-state index contributed by atoms with van der Waals surface area (Å²) in [5, 5.41) is 0. The molecule has 0 unspecified atom stereocenters. The summed E-state index contributed by atoms with van der Waals surface area (Å²) in [6.45, 7) is 4.48. The van der Waals surface area contributed by atoms with Crippen LogP contribution < -0.4 is 5.73 Å². The first-order valence-electron chi connectivity index (χ1n) is 4.97. The maximum atomic E-state index is 11.7. The fraction of sp³-hybridized carbons (Fsp3) is 0.500. The van der Waals surface area contributed by atoms with Gasteiger partial charge in [-0.05, 0) is 13.3 Å². The summed E-state index contributed by atoms with van der Waals surface area (Å²) in [6.07, 6.45) is 2.10. The van der Waals surface area contributed by atoms with Gasteiger partial charge in [-0.2, -0.15) is 0 Å². The number of rotatable bonds is 3. The van der Waals surface area contributed by atoms with E-state index in [1.807, 2.05) is 13.8 Å². The number of amides is 1. The first kappa shape index (κ1) is 11.4. The number of aromatic nitrogens is 2. The zero-order valence-corrected chi connectivity index (χ0v) is 9.32. The Kier molecular flexibility index (Phi) is 3.60. The van der Waals surface area contributed by atoms with Crippen LogP contribution in [0.1, 0.15) is 30.0 Å². The van der Waals surface area contributed by atoms with Crippen molar-refractivity contribution in [3.63, 3.8) is 0 Å². The van der Waals surface area contributed by atoms with Crippen LogP contribution in [-0.4, -0.2) is 34.4 Å². The molecule has 0 radical (unpaired) electrons. The fourth-order valence-electron chi connectivity index (χ4n) is 1.14. The van der Waals surface area contributed by atoms with E-state index in [4.69, 9.17) is 5.73 Å². The summed E-state index contributed by atoms with van der Waals surface area (Å²) in [5.41, 5.74) is 6.63. The second kappa shape index (κ2) is 4.72. The quantitative estimate of drug-likeness (QED) is 0.794. The zero-order chi connectivity index (χ0) is 11.4. The number of hydrogen-bond acceptors (Lipinski definition) is 4. The second-order valence-electron chi connectivity index (χ2n) is 3.26. The predicted molar refractivity (Wildman–Crippen MR) is 58.5 cm³/mol. The lowest BCUT2D eigenvalue weighted by molar-refractivity contribution is 0.0796. The Morgan fingerprint density at radius 2 is 2.20 bits per heavy atom. The highest BCUT2D eigenvalue weighted by atomic mass is 16.2. The van der Waals surface area contributed by atoms with Crippen LogP contribution in [0.15, 0.2) is 6.20 Å². The van der Waals surface area contributed by atoms with Gasteiger partial charge in [0.05, 0.1) is 11.9 Å². The van der Waals surface area contributed by atoms with E-state index in [1.165, 1.54) is 6.20 Å². The lowest BCUT2D eigenvalue weighted by Crippen LogP contribution is -2.27. The van der Waals surface area contributed by atoms with Crippen molar-refractivity contribution < 1.29 is 4.79 Å². The molecular formula is C10H16N4O. The Morgan fingerprint density at radius 1 is 1.53 bits per heavy atom. The molecule has 0 atom stereocenters. The Morgan fingerprint density at radius 3 is 2.73 bits per heavy atom. The minimum Gasteiger partial charge on any atom is -0.382 e. The fourth-order valence-corrected chi connectivity index (χ4v) is 1.14. The molecule has 0 bridgehead atoms. The lowest BCUT2D eigenvalue weighted by Gasteiger charge is -2.14. The Balaban J connectivity index is 3.01. The molecule has 0 fully saturated rings. The molecule has 1 amide bonds. The van der Waals surface area contributed by atoms with Crippen LogP contribution in [0.25, 0.3) is 0 Å². The summed E-state index contributed by atoms with van der Waals surface area (Å²) in [5.74, 6) is 0.271. The number of aryl methyl sites for hydroxylation is 1. The van der Waals surface area contributed by atoms with Crippen molar-refractivity contribution in [3.8, 4) is 0 Å². The van der Waals surface area contributed by atoms with Gasteiger partial charge in [-0.3, -0.25) is 4.79 Å². The summed E-state index contributed by atoms with van der Waals surface area (Å²) < 4.78 is 0. The summed E-state index contributed by atoms with van der Waals surface area (Å²) in [7, 11) is 1.73. The van der Waals surface area contributed by atoms with Crippen LogP contribution in [0.4, 0.5) is 5.82 Å². The molecule has 0 saturated carbocycles. The minimum absolute atomic E-state index is 0.125. The molecule has 82 valence electrons. The van der Waals surface area contributed by atoms with Crippen molar-refractivity contribution in [3.05, 3.63) is 17.6 Å². The van der Waals surface area contributed by atoms with Crippen LogP contribution in [0.2, 0.25) is 0 Å². The van der Waals surface area contributed by atoms with Crippen molar-refractivity contribution in [1.82, 2.24) is 14.9 Å². The standard InChI is InChI=1S/C10H16N4O/c1-4-7-9(11)12-6-8(13-7)10(15)14(3)5-2/h6H,4-5H2,1-3H3,(H2,11,12). The van der Waals surface area contributed by atoms with Gasteiger partial charge in [0.25, 0.3) is 5.91 Å². The van der Waals surface area contributed by atoms with Crippen LogP contribution in [0.5, 0.6) is 0 Å². The zero-order valence-electron chi connectivity index (χ0n) is 9.32. The predicted octanol–water partition coefficient (Wildman–Crippen LogP) is 0.713. The molecule has 2 N–H and O–H groups in total. The van der Waals surface area contributed by atoms with Gasteiger partial charge in [-0.25, -0.2) is 9.97 Å². The molecular weight excluding hydrogens is 192 g/mol. The van der Waals surface area contributed by atoms with E-state index in [0.717, 1.165) is 0 Å². The van der Waals surface area contributed by atoms with E-state index in [0.29, 0.717) is 30.2 Å². The average molecular weight is 208 g/mol. The largest absolute Gasteiger partial charge is 0.382 e. The van der Waals surface area contributed by atoms with Gasteiger partial charge in [0, 0.05) is 13.6 Å². The third kappa shape index (κ3) is 2.43.